The van der Waals surface area contributed by atoms with Gasteiger partial charge in [0.15, 0.2) is 0 Å². The van der Waals surface area contributed by atoms with Gasteiger partial charge in [-0.1, -0.05) is 34.3 Å². The fourth-order valence-electron chi connectivity index (χ4n) is 1.15. The van der Waals surface area contributed by atoms with Crippen LogP contribution in [0.5, 0.6) is 0 Å². The third-order valence-corrected chi connectivity index (χ3v) is 1.71. The summed E-state index contributed by atoms with van der Waals surface area (Å²) in [5.74, 6) is 0.942. The van der Waals surface area contributed by atoms with Crippen molar-refractivity contribution >= 4 is 5.82 Å². The molecule has 0 aliphatic heterocycles. The molecule has 1 heterocycles. The van der Waals surface area contributed by atoms with Gasteiger partial charge in [-0.2, -0.15) is 0 Å². The maximum atomic E-state index is 4.11. The Kier molecular flexibility index (Phi) is 12.3. The molecule has 0 bridgehead atoms. The van der Waals surface area contributed by atoms with Gasteiger partial charge in [0.25, 0.3) is 0 Å². The van der Waals surface area contributed by atoms with Crippen LogP contribution in [-0.2, 0) is 0 Å². The summed E-state index contributed by atoms with van der Waals surface area (Å²) in [7, 11) is 0. The molecular weight excluding hydrogens is 210 g/mol. The molecule has 2 N–H and O–H groups in total. The SMILES string of the molecule is C.CC(C)Nc1ccccn1.CCNC(C)C. The van der Waals surface area contributed by atoms with Crippen LogP contribution >= 0.6 is 0 Å². The van der Waals surface area contributed by atoms with Crippen LogP contribution in [0.1, 0.15) is 42.0 Å². The summed E-state index contributed by atoms with van der Waals surface area (Å²) in [5, 5.41) is 6.40. The van der Waals surface area contributed by atoms with Gasteiger partial charge >= 0.3 is 0 Å². The Labute approximate surface area is 107 Å². The first-order valence-corrected chi connectivity index (χ1v) is 5.97. The maximum absolute atomic E-state index is 4.11. The highest BCUT2D eigenvalue weighted by molar-refractivity contribution is 5.33. The first-order valence-electron chi connectivity index (χ1n) is 5.97. The van der Waals surface area contributed by atoms with Gasteiger partial charge in [-0.3, -0.25) is 0 Å². The van der Waals surface area contributed by atoms with Crippen molar-refractivity contribution in [3.05, 3.63) is 24.4 Å². The van der Waals surface area contributed by atoms with E-state index in [4.69, 9.17) is 0 Å². The smallest absolute Gasteiger partial charge is 0.126 e. The lowest BCUT2D eigenvalue weighted by Gasteiger charge is -2.06. The van der Waals surface area contributed by atoms with Crippen LogP contribution < -0.4 is 10.6 Å². The molecule has 0 spiro atoms. The summed E-state index contributed by atoms with van der Waals surface area (Å²) in [4.78, 5) is 4.11. The molecule has 100 valence electrons. The van der Waals surface area contributed by atoms with Crippen molar-refractivity contribution in [2.75, 3.05) is 11.9 Å². The highest BCUT2D eigenvalue weighted by atomic mass is 15.0. The van der Waals surface area contributed by atoms with Crippen molar-refractivity contribution in [3.8, 4) is 0 Å². The van der Waals surface area contributed by atoms with E-state index in [-0.39, 0.29) is 7.43 Å². The Balaban J connectivity index is 0. The second kappa shape index (κ2) is 11.4. The van der Waals surface area contributed by atoms with Gasteiger partial charge in [-0.25, -0.2) is 4.98 Å². The highest BCUT2D eigenvalue weighted by Crippen LogP contribution is 2.00. The average molecular weight is 239 g/mol. The molecule has 1 aromatic rings. The van der Waals surface area contributed by atoms with Crippen LogP contribution in [0, 0.1) is 0 Å². The van der Waals surface area contributed by atoms with Crippen LogP contribution in [0.2, 0.25) is 0 Å². The molecule has 0 radical (unpaired) electrons. The number of nitrogens with one attached hydrogen (secondary N) is 2. The Morgan fingerprint density at radius 1 is 1.12 bits per heavy atom. The fourth-order valence-corrected chi connectivity index (χ4v) is 1.15. The van der Waals surface area contributed by atoms with Crippen molar-refractivity contribution < 1.29 is 0 Å². The first-order chi connectivity index (χ1) is 7.56. The van der Waals surface area contributed by atoms with Crippen LogP contribution in [0.15, 0.2) is 24.4 Å². The molecule has 0 unspecified atom stereocenters. The molecule has 0 aliphatic carbocycles. The van der Waals surface area contributed by atoms with E-state index in [1.807, 2.05) is 18.2 Å². The van der Waals surface area contributed by atoms with Crippen LogP contribution in [0.25, 0.3) is 0 Å². The number of anilines is 1. The Morgan fingerprint density at radius 3 is 2.06 bits per heavy atom. The second-order valence-corrected chi connectivity index (χ2v) is 4.23. The van der Waals surface area contributed by atoms with Gasteiger partial charge in [0, 0.05) is 18.3 Å². The fraction of sp³-hybridized carbons (Fsp3) is 0.643. The van der Waals surface area contributed by atoms with Crippen LogP contribution in [-0.4, -0.2) is 23.6 Å². The monoisotopic (exact) mass is 239 g/mol. The van der Waals surface area contributed by atoms with Gasteiger partial charge in [-0.15, -0.1) is 0 Å². The number of pyridine rings is 1. The summed E-state index contributed by atoms with van der Waals surface area (Å²) >= 11 is 0. The zero-order valence-electron chi connectivity index (χ0n) is 11.1. The normalized spacial score (nSPS) is 9.35. The number of rotatable bonds is 4. The van der Waals surface area contributed by atoms with E-state index in [0.29, 0.717) is 12.1 Å². The summed E-state index contributed by atoms with van der Waals surface area (Å²) in [6, 6.07) is 6.94. The summed E-state index contributed by atoms with van der Waals surface area (Å²) in [6.45, 7) is 11.7. The molecule has 0 amide bonds. The van der Waals surface area contributed by atoms with E-state index in [9.17, 15) is 0 Å². The van der Waals surface area contributed by atoms with E-state index in [0.717, 1.165) is 12.4 Å². The minimum absolute atomic E-state index is 0. The molecule has 1 aromatic heterocycles. The molecule has 0 saturated carbocycles. The van der Waals surface area contributed by atoms with Gasteiger partial charge in [0.2, 0.25) is 0 Å². The van der Waals surface area contributed by atoms with Crippen molar-refractivity contribution in [1.29, 1.82) is 0 Å². The van der Waals surface area contributed by atoms with Gasteiger partial charge < -0.3 is 10.6 Å². The molecule has 1 rings (SSSR count). The topological polar surface area (TPSA) is 37.0 Å². The lowest BCUT2D eigenvalue weighted by atomic mass is 10.4. The van der Waals surface area contributed by atoms with Crippen molar-refractivity contribution in [3.63, 3.8) is 0 Å². The third kappa shape index (κ3) is 12.8. The van der Waals surface area contributed by atoms with E-state index < -0.39 is 0 Å². The molecule has 0 aromatic carbocycles. The van der Waals surface area contributed by atoms with Gasteiger partial charge in [0.1, 0.15) is 5.82 Å². The minimum Gasteiger partial charge on any atom is -0.368 e. The molecular formula is C14H29N3. The van der Waals surface area contributed by atoms with E-state index in [1.54, 1.807) is 6.20 Å². The van der Waals surface area contributed by atoms with Crippen molar-refractivity contribution in [1.82, 2.24) is 10.3 Å². The van der Waals surface area contributed by atoms with Crippen LogP contribution in [0.4, 0.5) is 5.82 Å². The third-order valence-electron chi connectivity index (χ3n) is 1.71. The van der Waals surface area contributed by atoms with Crippen molar-refractivity contribution in [2.45, 2.75) is 54.1 Å². The summed E-state index contributed by atoms with van der Waals surface area (Å²) in [5.41, 5.74) is 0. The lowest BCUT2D eigenvalue weighted by molar-refractivity contribution is 0.613. The second-order valence-electron chi connectivity index (χ2n) is 4.23. The highest BCUT2D eigenvalue weighted by Gasteiger charge is 1.92. The molecule has 3 nitrogen and oxygen atoms in total. The largest absolute Gasteiger partial charge is 0.368 e. The average Bonchev–Trinajstić information content (AvgIpc) is 2.18. The Hall–Kier alpha value is -1.09. The van der Waals surface area contributed by atoms with Crippen molar-refractivity contribution in [2.24, 2.45) is 0 Å². The molecule has 17 heavy (non-hydrogen) atoms. The zero-order chi connectivity index (χ0) is 12.4. The predicted molar refractivity (Wildman–Crippen MR) is 78.5 cm³/mol. The zero-order valence-corrected chi connectivity index (χ0v) is 11.1. The van der Waals surface area contributed by atoms with E-state index >= 15 is 0 Å². The van der Waals surface area contributed by atoms with E-state index in [2.05, 4.69) is 50.2 Å². The van der Waals surface area contributed by atoms with Gasteiger partial charge in [0.05, 0.1) is 0 Å². The van der Waals surface area contributed by atoms with E-state index in [1.165, 1.54) is 0 Å². The summed E-state index contributed by atoms with van der Waals surface area (Å²) < 4.78 is 0. The number of nitrogens with zero attached hydrogens (tertiary/aromatic N) is 1. The molecule has 0 saturated heterocycles. The number of aromatic nitrogens is 1. The number of hydrogen-bond donors (Lipinski definition) is 2. The molecule has 0 atom stereocenters. The lowest BCUT2D eigenvalue weighted by Crippen LogP contribution is -2.21. The minimum atomic E-state index is 0. The Bertz CT molecular complexity index is 245. The quantitative estimate of drug-likeness (QED) is 0.844. The standard InChI is InChI=1S/C8H12N2.C5H13N.CH4/c1-7(2)10-8-5-3-4-6-9-8;1-4-6-5(2)3;/h3-7H,1-2H3,(H,9,10);5-6H,4H2,1-3H3;1H4. The number of hydrogen-bond acceptors (Lipinski definition) is 3. The maximum Gasteiger partial charge on any atom is 0.126 e. The predicted octanol–water partition coefficient (Wildman–Crippen LogP) is 3.54. The Morgan fingerprint density at radius 2 is 1.76 bits per heavy atom. The molecule has 0 fully saturated rings. The van der Waals surface area contributed by atoms with Gasteiger partial charge in [-0.05, 0) is 32.5 Å². The van der Waals surface area contributed by atoms with Crippen LogP contribution in [0.3, 0.4) is 0 Å². The molecule has 0 aliphatic rings. The first kappa shape index (κ1) is 18.3. The summed E-state index contributed by atoms with van der Waals surface area (Å²) in [6.07, 6.45) is 1.78. The molecule has 3 heteroatoms.